The first-order valence-corrected chi connectivity index (χ1v) is 10.7. The van der Waals surface area contributed by atoms with Crippen LogP contribution in [0.4, 0.5) is 0 Å². The number of benzene rings is 1. The van der Waals surface area contributed by atoms with Gasteiger partial charge in [0.25, 0.3) is 0 Å². The van der Waals surface area contributed by atoms with Crippen LogP contribution in [0, 0.1) is 0 Å². The normalized spacial score (nSPS) is 10.6. The molecule has 0 bridgehead atoms. The second kappa shape index (κ2) is 14.0. The molecular formula is C21H30Cl3NO3. The molecule has 0 saturated heterocycles. The lowest BCUT2D eigenvalue weighted by Gasteiger charge is -2.17. The number of halogens is 3. The Morgan fingerprint density at radius 1 is 1.04 bits per heavy atom. The molecule has 0 aliphatic heterocycles. The molecule has 28 heavy (non-hydrogen) atoms. The maximum Gasteiger partial charge on any atom is 0.141 e. The highest BCUT2D eigenvalue weighted by Gasteiger charge is 2.15. The Bertz CT molecular complexity index is 653. The lowest BCUT2D eigenvalue weighted by molar-refractivity contribution is 0.139. The van der Waals surface area contributed by atoms with Crippen LogP contribution < -0.4 is 9.47 Å². The molecule has 0 heterocycles. The maximum atomic E-state index is 6.44. The van der Waals surface area contributed by atoms with Crippen LogP contribution in [0.25, 0.3) is 0 Å². The van der Waals surface area contributed by atoms with E-state index in [4.69, 9.17) is 49.1 Å². The van der Waals surface area contributed by atoms with Gasteiger partial charge in [0.1, 0.15) is 29.2 Å². The first kappa shape index (κ1) is 24.9. The largest absolute Gasteiger partial charge is 0.492 e. The Kier molecular flexibility index (Phi) is 12.4. The van der Waals surface area contributed by atoms with E-state index in [0.717, 1.165) is 42.7 Å². The van der Waals surface area contributed by atoms with Crippen LogP contribution in [0.15, 0.2) is 27.9 Å². The molecule has 0 N–H and O–H groups in total. The molecule has 1 aromatic rings. The zero-order chi connectivity index (χ0) is 20.9. The molecule has 7 heteroatoms. The molecular weight excluding hydrogens is 421 g/mol. The topological polar surface area (TPSA) is 40.0 Å². The predicted molar refractivity (Wildman–Crippen MR) is 120 cm³/mol. The SMILES string of the molecule is CC(C)=NOCCCCCCOc1c(Cl)cc(OCC=C(Cl)Cl)cc1C(C)C. The Morgan fingerprint density at radius 3 is 2.32 bits per heavy atom. The minimum Gasteiger partial charge on any atom is -0.492 e. The number of nitrogens with zero attached hydrogens (tertiary/aromatic N) is 1. The summed E-state index contributed by atoms with van der Waals surface area (Å²) in [5, 5.41) is 4.46. The van der Waals surface area contributed by atoms with Crippen LogP contribution in [0.1, 0.15) is 64.9 Å². The average molecular weight is 451 g/mol. The van der Waals surface area contributed by atoms with E-state index in [1.165, 1.54) is 0 Å². The summed E-state index contributed by atoms with van der Waals surface area (Å²) in [6, 6.07) is 3.71. The zero-order valence-corrected chi connectivity index (χ0v) is 19.3. The van der Waals surface area contributed by atoms with Gasteiger partial charge < -0.3 is 14.3 Å². The van der Waals surface area contributed by atoms with Gasteiger partial charge in [-0.1, -0.05) is 53.8 Å². The van der Waals surface area contributed by atoms with Crippen LogP contribution in [0.2, 0.25) is 5.02 Å². The van der Waals surface area contributed by atoms with Gasteiger partial charge in [-0.3, -0.25) is 0 Å². The molecule has 1 rings (SSSR count). The van der Waals surface area contributed by atoms with E-state index >= 15 is 0 Å². The number of hydrogen-bond donors (Lipinski definition) is 0. The van der Waals surface area contributed by atoms with Crippen molar-refractivity contribution >= 4 is 40.5 Å². The second-order valence-corrected chi connectivity index (χ2v) is 8.33. The van der Waals surface area contributed by atoms with E-state index in [9.17, 15) is 0 Å². The first-order chi connectivity index (χ1) is 13.3. The van der Waals surface area contributed by atoms with Crippen molar-refractivity contribution in [2.75, 3.05) is 19.8 Å². The van der Waals surface area contributed by atoms with Crippen LogP contribution in [0.3, 0.4) is 0 Å². The third-order valence-corrected chi connectivity index (χ3v) is 4.37. The maximum absolute atomic E-state index is 6.44. The van der Waals surface area contributed by atoms with Gasteiger partial charge in [0.05, 0.1) is 17.3 Å². The lowest BCUT2D eigenvalue weighted by Crippen LogP contribution is -2.04. The number of unbranched alkanes of at least 4 members (excludes halogenated alkanes) is 3. The van der Waals surface area contributed by atoms with Gasteiger partial charge in [-0.15, -0.1) is 0 Å². The molecule has 0 aromatic heterocycles. The molecule has 4 nitrogen and oxygen atoms in total. The smallest absolute Gasteiger partial charge is 0.141 e. The van der Waals surface area contributed by atoms with Gasteiger partial charge in [0.15, 0.2) is 0 Å². The summed E-state index contributed by atoms with van der Waals surface area (Å²) in [5.41, 5.74) is 1.95. The van der Waals surface area contributed by atoms with E-state index in [0.29, 0.717) is 24.0 Å². The van der Waals surface area contributed by atoms with E-state index in [1.54, 1.807) is 12.1 Å². The minimum atomic E-state index is 0.176. The Morgan fingerprint density at radius 2 is 1.71 bits per heavy atom. The third kappa shape index (κ3) is 10.4. The summed E-state index contributed by atoms with van der Waals surface area (Å²) < 4.78 is 11.8. The van der Waals surface area contributed by atoms with Crippen molar-refractivity contribution < 1.29 is 14.3 Å². The summed E-state index contributed by atoms with van der Waals surface area (Å²) in [6.45, 7) is 9.58. The van der Waals surface area contributed by atoms with Crippen LogP contribution in [-0.2, 0) is 4.84 Å². The van der Waals surface area contributed by atoms with Crippen molar-refractivity contribution in [1.29, 1.82) is 0 Å². The highest BCUT2D eigenvalue weighted by atomic mass is 35.5. The van der Waals surface area contributed by atoms with Gasteiger partial charge in [-0.05, 0) is 57.6 Å². The van der Waals surface area contributed by atoms with Gasteiger partial charge in [0.2, 0.25) is 0 Å². The second-order valence-electron chi connectivity index (χ2n) is 6.92. The predicted octanol–water partition coefficient (Wildman–Crippen LogP) is 7.51. The Hall–Kier alpha value is -1.10. The summed E-state index contributed by atoms with van der Waals surface area (Å²) in [5.74, 6) is 1.64. The molecule has 1 aromatic carbocycles. The van der Waals surface area contributed by atoms with Gasteiger partial charge in [-0.2, -0.15) is 0 Å². The average Bonchev–Trinajstić information content (AvgIpc) is 2.60. The molecule has 0 unspecified atom stereocenters. The van der Waals surface area contributed by atoms with Crippen molar-refractivity contribution in [3.05, 3.63) is 33.3 Å². The summed E-state index contributed by atoms with van der Waals surface area (Å²) in [6.07, 6.45) is 5.68. The van der Waals surface area contributed by atoms with Crippen molar-refractivity contribution in [3.63, 3.8) is 0 Å². The molecule has 0 aliphatic rings. The number of rotatable bonds is 13. The van der Waals surface area contributed by atoms with E-state index in [2.05, 4.69) is 19.0 Å². The number of hydrogen-bond acceptors (Lipinski definition) is 4. The molecule has 0 aliphatic carbocycles. The van der Waals surface area contributed by atoms with Crippen LogP contribution >= 0.6 is 34.8 Å². The Labute approximate surface area is 183 Å². The van der Waals surface area contributed by atoms with Crippen molar-refractivity contribution in [1.82, 2.24) is 0 Å². The Balaban J connectivity index is 2.49. The van der Waals surface area contributed by atoms with Crippen molar-refractivity contribution in [2.24, 2.45) is 5.16 Å². The molecule has 0 atom stereocenters. The van der Waals surface area contributed by atoms with E-state index in [1.807, 2.05) is 19.9 Å². The van der Waals surface area contributed by atoms with E-state index in [-0.39, 0.29) is 17.0 Å². The van der Waals surface area contributed by atoms with E-state index < -0.39 is 0 Å². The first-order valence-electron chi connectivity index (χ1n) is 9.54. The minimum absolute atomic E-state index is 0.176. The fourth-order valence-electron chi connectivity index (χ4n) is 2.43. The standard InChI is InChI=1S/C21H30Cl3NO3/c1-15(2)18-13-17(26-12-9-20(23)24)14-19(22)21(18)27-10-7-5-6-8-11-28-25-16(3)4/h9,13-15H,5-8,10-12H2,1-4H3. The van der Waals surface area contributed by atoms with Crippen molar-refractivity contribution in [2.45, 2.75) is 59.3 Å². The quantitative estimate of drug-likeness (QED) is 0.177. The van der Waals surface area contributed by atoms with Gasteiger partial charge >= 0.3 is 0 Å². The van der Waals surface area contributed by atoms with Crippen LogP contribution in [0.5, 0.6) is 11.5 Å². The van der Waals surface area contributed by atoms with Gasteiger partial charge in [0, 0.05) is 11.6 Å². The summed E-state index contributed by atoms with van der Waals surface area (Å²) in [4.78, 5) is 5.19. The molecule has 0 saturated carbocycles. The zero-order valence-electron chi connectivity index (χ0n) is 17.1. The van der Waals surface area contributed by atoms with Crippen LogP contribution in [-0.4, -0.2) is 25.5 Å². The summed E-state index contributed by atoms with van der Waals surface area (Å²) in [7, 11) is 0. The van der Waals surface area contributed by atoms with Gasteiger partial charge in [-0.25, -0.2) is 0 Å². The molecule has 0 fully saturated rings. The fourth-order valence-corrected chi connectivity index (χ4v) is 2.82. The fraction of sp³-hybridized carbons (Fsp3) is 0.571. The highest BCUT2D eigenvalue weighted by Crippen LogP contribution is 2.37. The highest BCUT2D eigenvalue weighted by molar-refractivity contribution is 6.55. The molecule has 0 spiro atoms. The third-order valence-electron chi connectivity index (χ3n) is 3.78. The summed E-state index contributed by atoms with van der Waals surface area (Å²) >= 11 is 17.6. The molecule has 0 amide bonds. The van der Waals surface area contributed by atoms with Crippen molar-refractivity contribution in [3.8, 4) is 11.5 Å². The lowest BCUT2D eigenvalue weighted by atomic mass is 10.0. The number of ether oxygens (including phenoxy) is 2. The monoisotopic (exact) mass is 449 g/mol. The molecule has 0 radical (unpaired) electrons. The number of oxime groups is 1. The molecule has 158 valence electrons.